The van der Waals surface area contributed by atoms with Crippen LogP contribution in [0.4, 0.5) is 0 Å². The normalized spacial score (nSPS) is 33.5. The van der Waals surface area contributed by atoms with E-state index in [0.717, 1.165) is 32.1 Å². The maximum atomic E-state index is 11.5. The molecular weight excluding hydrogens is 222 g/mol. The van der Waals surface area contributed by atoms with Gasteiger partial charge in [-0.15, -0.1) is 11.6 Å². The van der Waals surface area contributed by atoms with E-state index in [-0.39, 0.29) is 10.6 Å². The summed E-state index contributed by atoms with van der Waals surface area (Å²) in [5, 5.41) is 0.0505. The summed E-state index contributed by atoms with van der Waals surface area (Å²) < 4.78 is 25.7. The molecule has 2 aliphatic rings. The second kappa shape index (κ2) is 3.99. The molecule has 0 amide bonds. The van der Waals surface area contributed by atoms with Crippen LogP contribution in [0.5, 0.6) is 0 Å². The molecule has 3 nitrogen and oxygen atoms in total. The summed E-state index contributed by atoms with van der Waals surface area (Å²) in [6, 6.07) is 0. The summed E-state index contributed by atoms with van der Waals surface area (Å²) in [6.07, 6.45) is 4.86. The Hall–Kier alpha value is 0.200. The number of rotatable bonds is 4. The van der Waals surface area contributed by atoms with E-state index in [1.54, 1.807) is 0 Å². The lowest BCUT2D eigenvalue weighted by Crippen LogP contribution is -2.33. The minimum Gasteiger partial charge on any atom is -0.215 e. The highest BCUT2D eigenvalue weighted by molar-refractivity contribution is 7.90. The van der Waals surface area contributed by atoms with Gasteiger partial charge in [0.2, 0.25) is 10.0 Å². The topological polar surface area (TPSA) is 46.2 Å². The summed E-state index contributed by atoms with van der Waals surface area (Å²) in [7, 11) is -3.01. The van der Waals surface area contributed by atoms with Crippen molar-refractivity contribution in [3.8, 4) is 0 Å². The highest BCUT2D eigenvalue weighted by Crippen LogP contribution is 2.31. The second-order valence-corrected chi connectivity index (χ2v) is 6.91. The van der Waals surface area contributed by atoms with Crippen molar-refractivity contribution < 1.29 is 8.42 Å². The fourth-order valence-electron chi connectivity index (χ4n) is 1.94. The molecule has 82 valence electrons. The molecule has 1 N–H and O–H groups in total. The fraction of sp³-hybridized carbons (Fsp3) is 1.00. The lowest BCUT2D eigenvalue weighted by Gasteiger charge is -2.14. The van der Waals surface area contributed by atoms with Gasteiger partial charge in [0.25, 0.3) is 0 Å². The smallest absolute Gasteiger partial charge is 0.214 e. The Labute approximate surface area is 90.3 Å². The predicted octanol–water partition coefficient (Wildman–Crippen LogP) is 1.48. The summed E-state index contributed by atoms with van der Waals surface area (Å²) in [6.45, 7) is 0.535. The van der Waals surface area contributed by atoms with Gasteiger partial charge in [-0.1, -0.05) is 6.42 Å². The third-order valence-corrected chi connectivity index (χ3v) is 5.57. The van der Waals surface area contributed by atoms with Crippen LogP contribution in [0.1, 0.15) is 32.1 Å². The van der Waals surface area contributed by atoms with Crippen molar-refractivity contribution in [2.75, 3.05) is 6.54 Å². The van der Waals surface area contributed by atoms with Gasteiger partial charge in [-0.2, -0.15) is 0 Å². The SMILES string of the molecule is O=S(=O)(NCC1CCCC1Cl)C1CC1. The Balaban J connectivity index is 1.81. The molecule has 0 aliphatic heterocycles. The summed E-state index contributed by atoms with van der Waals surface area (Å²) in [4.78, 5) is 0. The van der Waals surface area contributed by atoms with Crippen LogP contribution < -0.4 is 4.72 Å². The first kappa shape index (κ1) is 10.7. The molecule has 2 aliphatic carbocycles. The molecule has 0 spiro atoms. The number of nitrogens with one attached hydrogen (secondary N) is 1. The van der Waals surface area contributed by atoms with Gasteiger partial charge in [0.05, 0.1) is 5.25 Å². The molecular formula is C9H16ClNO2S. The molecule has 0 aromatic carbocycles. The minimum atomic E-state index is -3.01. The number of sulfonamides is 1. The Morgan fingerprint density at radius 1 is 1.21 bits per heavy atom. The third kappa shape index (κ3) is 2.41. The van der Waals surface area contributed by atoms with Gasteiger partial charge < -0.3 is 0 Å². The average molecular weight is 238 g/mol. The zero-order valence-corrected chi connectivity index (χ0v) is 9.65. The van der Waals surface area contributed by atoms with E-state index in [0.29, 0.717) is 12.5 Å². The molecule has 5 heteroatoms. The molecule has 0 aromatic rings. The highest BCUT2D eigenvalue weighted by Gasteiger charge is 2.36. The molecule has 0 radical (unpaired) electrons. The van der Waals surface area contributed by atoms with Gasteiger partial charge in [-0.05, 0) is 31.6 Å². The molecule has 0 saturated heterocycles. The van der Waals surface area contributed by atoms with Gasteiger partial charge >= 0.3 is 0 Å². The highest BCUT2D eigenvalue weighted by atomic mass is 35.5. The van der Waals surface area contributed by atoms with Crippen LogP contribution in [-0.4, -0.2) is 25.6 Å². The van der Waals surface area contributed by atoms with Crippen LogP contribution in [0.25, 0.3) is 0 Å². The molecule has 14 heavy (non-hydrogen) atoms. The quantitative estimate of drug-likeness (QED) is 0.753. The zero-order valence-electron chi connectivity index (χ0n) is 8.08. The van der Waals surface area contributed by atoms with Crippen LogP contribution in [0.2, 0.25) is 0 Å². The monoisotopic (exact) mass is 237 g/mol. The Morgan fingerprint density at radius 3 is 2.43 bits per heavy atom. The first-order chi connectivity index (χ1) is 6.59. The number of hydrogen-bond acceptors (Lipinski definition) is 2. The molecule has 0 aromatic heterocycles. The van der Waals surface area contributed by atoms with Crippen LogP contribution in [0.15, 0.2) is 0 Å². The molecule has 0 bridgehead atoms. The largest absolute Gasteiger partial charge is 0.215 e. The second-order valence-electron chi connectivity index (χ2n) is 4.30. The van der Waals surface area contributed by atoms with Crippen molar-refractivity contribution in [3.05, 3.63) is 0 Å². The van der Waals surface area contributed by atoms with Crippen LogP contribution in [-0.2, 0) is 10.0 Å². The van der Waals surface area contributed by atoms with Crippen LogP contribution >= 0.6 is 11.6 Å². The van der Waals surface area contributed by atoms with E-state index in [2.05, 4.69) is 4.72 Å². The molecule has 2 unspecified atom stereocenters. The number of alkyl halides is 1. The van der Waals surface area contributed by atoms with Gasteiger partial charge in [-0.25, -0.2) is 13.1 Å². The minimum absolute atomic E-state index is 0.113. The summed E-state index contributed by atoms with van der Waals surface area (Å²) in [5.74, 6) is 0.338. The maximum Gasteiger partial charge on any atom is 0.214 e. The van der Waals surface area contributed by atoms with Crippen LogP contribution in [0, 0.1) is 5.92 Å². The van der Waals surface area contributed by atoms with Gasteiger partial charge in [0.15, 0.2) is 0 Å². The molecule has 0 heterocycles. The Kier molecular flexibility index (Phi) is 3.05. The van der Waals surface area contributed by atoms with Crippen molar-refractivity contribution in [1.29, 1.82) is 0 Å². The first-order valence-corrected chi connectivity index (χ1v) is 7.20. The van der Waals surface area contributed by atoms with Gasteiger partial charge in [0.1, 0.15) is 0 Å². The van der Waals surface area contributed by atoms with Crippen molar-refractivity contribution in [2.45, 2.75) is 42.7 Å². The van der Waals surface area contributed by atoms with E-state index >= 15 is 0 Å². The summed E-state index contributed by atoms with van der Waals surface area (Å²) >= 11 is 6.07. The lowest BCUT2D eigenvalue weighted by molar-refractivity contribution is 0.523. The lowest BCUT2D eigenvalue weighted by atomic mass is 10.1. The zero-order chi connectivity index (χ0) is 10.2. The standard InChI is InChI=1S/C9H16ClNO2S/c10-9-3-1-2-7(9)6-11-14(12,13)8-4-5-8/h7-9,11H,1-6H2. The predicted molar refractivity (Wildman–Crippen MR) is 56.9 cm³/mol. The Bertz CT molecular complexity index is 300. The van der Waals surface area contributed by atoms with Crippen LogP contribution in [0.3, 0.4) is 0 Å². The Morgan fingerprint density at radius 2 is 1.93 bits per heavy atom. The van der Waals surface area contributed by atoms with Crippen molar-refractivity contribution in [3.63, 3.8) is 0 Å². The fourth-order valence-corrected chi connectivity index (χ4v) is 3.75. The van der Waals surface area contributed by atoms with Gasteiger partial charge in [-0.3, -0.25) is 0 Å². The summed E-state index contributed by atoms with van der Waals surface area (Å²) in [5.41, 5.74) is 0. The first-order valence-electron chi connectivity index (χ1n) is 5.22. The number of hydrogen-bond donors (Lipinski definition) is 1. The third-order valence-electron chi connectivity index (χ3n) is 3.08. The molecule has 2 rings (SSSR count). The van der Waals surface area contributed by atoms with Crippen molar-refractivity contribution >= 4 is 21.6 Å². The molecule has 2 saturated carbocycles. The van der Waals surface area contributed by atoms with E-state index in [9.17, 15) is 8.42 Å². The van der Waals surface area contributed by atoms with E-state index in [4.69, 9.17) is 11.6 Å². The van der Waals surface area contributed by atoms with Gasteiger partial charge in [0, 0.05) is 11.9 Å². The number of halogens is 1. The van der Waals surface area contributed by atoms with E-state index < -0.39 is 10.0 Å². The maximum absolute atomic E-state index is 11.5. The van der Waals surface area contributed by atoms with Crippen molar-refractivity contribution in [1.82, 2.24) is 4.72 Å². The van der Waals surface area contributed by atoms with E-state index in [1.165, 1.54) is 0 Å². The van der Waals surface area contributed by atoms with Crippen molar-refractivity contribution in [2.24, 2.45) is 5.92 Å². The molecule has 2 fully saturated rings. The average Bonchev–Trinajstić information content (AvgIpc) is 2.89. The molecule has 2 atom stereocenters. The van der Waals surface area contributed by atoms with E-state index in [1.807, 2.05) is 0 Å².